The van der Waals surface area contributed by atoms with Crippen molar-refractivity contribution in [3.63, 3.8) is 0 Å². The molecule has 1 amide bonds. The average Bonchev–Trinajstić information content (AvgIpc) is 3.18. The molecule has 6 heteroatoms. The first-order chi connectivity index (χ1) is 12.0. The molecular weight excluding hydrogens is 338 g/mol. The minimum atomic E-state index is -0.911. The van der Waals surface area contributed by atoms with E-state index in [2.05, 4.69) is 6.92 Å². The molecule has 1 aromatic rings. The van der Waals surface area contributed by atoms with Gasteiger partial charge in [-0.2, -0.15) is 0 Å². The topological polar surface area (TPSA) is 77.8 Å². The van der Waals surface area contributed by atoms with Crippen molar-refractivity contribution in [1.29, 1.82) is 0 Å². The van der Waals surface area contributed by atoms with Crippen LogP contribution in [0.25, 0.3) is 0 Å². The van der Waals surface area contributed by atoms with Crippen LogP contribution < -0.4 is 0 Å². The summed E-state index contributed by atoms with van der Waals surface area (Å²) < 4.78 is 0. The fourth-order valence-electron chi connectivity index (χ4n) is 3.06. The number of carbonyl (C=O) groups excluding carboxylic acids is 1. The number of unbranched alkanes of at least 4 members (excludes halogenated alkanes) is 2. The number of hydrogen-bond acceptors (Lipinski definition) is 4. The smallest absolute Gasteiger partial charge is 0.345 e. The normalized spacial score (nSPS) is 19.0. The Hall–Kier alpha value is -1.66. The van der Waals surface area contributed by atoms with Gasteiger partial charge >= 0.3 is 5.97 Å². The van der Waals surface area contributed by atoms with Crippen molar-refractivity contribution in [3.8, 4) is 0 Å². The number of carboxylic acid groups (broad SMARTS) is 1. The van der Waals surface area contributed by atoms with Gasteiger partial charge in [-0.05, 0) is 31.4 Å². The van der Waals surface area contributed by atoms with Crippen LogP contribution in [-0.4, -0.2) is 45.7 Å². The maximum atomic E-state index is 12.1. The zero-order valence-electron chi connectivity index (χ0n) is 14.7. The summed E-state index contributed by atoms with van der Waals surface area (Å²) in [6.07, 6.45) is 9.34. The average molecular weight is 365 g/mol. The van der Waals surface area contributed by atoms with E-state index >= 15 is 0 Å². The summed E-state index contributed by atoms with van der Waals surface area (Å²) in [7, 11) is 0. The standard InChI is InChI=1S/C19H27NO4S/c1-2-3-4-5-15(21)8-6-14-7-11-18(22)20(14)13-12-16-9-10-17(25-16)19(23)24/h6,8-10,14-15,21H,2-5,7,11-13H2,1H3,(H,23,24). The van der Waals surface area contributed by atoms with Gasteiger partial charge in [-0.3, -0.25) is 4.79 Å². The van der Waals surface area contributed by atoms with E-state index in [-0.39, 0.29) is 11.9 Å². The molecule has 1 saturated heterocycles. The molecule has 0 aliphatic carbocycles. The number of aromatic carboxylic acids is 1. The molecule has 1 aromatic heterocycles. The summed E-state index contributed by atoms with van der Waals surface area (Å²) in [5, 5.41) is 19.0. The maximum absolute atomic E-state index is 12.1. The zero-order valence-corrected chi connectivity index (χ0v) is 15.5. The summed E-state index contributed by atoms with van der Waals surface area (Å²) >= 11 is 1.26. The number of hydrogen-bond donors (Lipinski definition) is 2. The van der Waals surface area contributed by atoms with E-state index in [1.165, 1.54) is 11.3 Å². The lowest BCUT2D eigenvalue weighted by molar-refractivity contribution is -0.128. The van der Waals surface area contributed by atoms with Crippen LogP contribution >= 0.6 is 11.3 Å². The minimum absolute atomic E-state index is 0.0345. The molecule has 0 radical (unpaired) electrons. The van der Waals surface area contributed by atoms with Crippen molar-refractivity contribution in [3.05, 3.63) is 34.0 Å². The van der Waals surface area contributed by atoms with Gasteiger partial charge in [0.2, 0.25) is 5.91 Å². The van der Waals surface area contributed by atoms with Crippen LogP contribution in [0, 0.1) is 0 Å². The second-order valence-electron chi connectivity index (χ2n) is 6.46. The third kappa shape index (κ3) is 5.97. The van der Waals surface area contributed by atoms with Crippen LogP contribution in [-0.2, 0) is 11.2 Å². The molecular formula is C19H27NO4S. The van der Waals surface area contributed by atoms with Crippen molar-refractivity contribution < 1.29 is 19.8 Å². The van der Waals surface area contributed by atoms with Crippen LogP contribution in [0.15, 0.2) is 24.3 Å². The van der Waals surface area contributed by atoms with Crippen LogP contribution in [0.5, 0.6) is 0 Å². The van der Waals surface area contributed by atoms with Gasteiger partial charge in [0, 0.05) is 17.8 Å². The summed E-state index contributed by atoms with van der Waals surface area (Å²) in [4.78, 5) is 26.2. The van der Waals surface area contributed by atoms with Gasteiger partial charge in [-0.25, -0.2) is 4.79 Å². The fraction of sp³-hybridized carbons (Fsp3) is 0.579. The molecule has 2 atom stereocenters. The number of aliphatic hydroxyl groups excluding tert-OH is 1. The molecule has 2 rings (SSSR count). The summed E-state index contributed by atoms with van der Waals surface area (Å²) in [5.41, 5.74) is 0. The van der Waals surface area contributed by atoms with Gasteiger partial charge in [0.25, 0.3) is 0 Å². The van der Waals surface area contributed by atoms with Gasteiger partial charge in [0.05, 0.1) is 12.1 Å². The van der Waals surface area contributed by atoms with Gasteiger partial charge in [0.1, 0.15) is 4.88 Å². The van der Waals surface area contributed by atoms with E-state index in [9.17, 15) is 14.7 Å². The molecule has 138 valence electrons. The quantitative estimate of drug-likeness (QED) is 0.491. The first-order valence-corrected chi connectivity index (χ1v) is 9.80. The number of amides is 1. The van der Waals surface area contributed by atoms with Crippen molar-refractivity contribution in [2.45, 2.75) is 64.0 Å². The second kappa shape index (κ2) is 9.73. The molecule has 1 aliphatic rings. The Labute approximate surface area is 153 Å². The van der Waals surface area contributed by atoms with Crippen LogP contribution in [0.3, 0.4) is 0 Å². The van der Waals surface area contributed by atoms with Gasteiger partial charge < -0.3 is 15.1 Å². The summed E-state index contributed by atoms with van der Waals surface area (Å²) in [5.74, 6) is -0.781. The highest BCUT2D eigenvalue weighted by molar-refractivity contribution is 7.13. The zero-order chi connectivity index (χ0) is 18.2. The Bertz CT molecular complexity index is 610. The lowest BCUT2D eigenvalue weighted by Crippen LogP contribution is -2.33. The van der Waals surface area contributed by atoms with Gasteiger partial charge in [-0.15, -0.1) is 11.3 Å². The Morgan fingerprint density at radius 2 is 2.24 bits per heavy atom. The Kier molecular flexibility index (Phi) is 7.65. The van der Waals surface area contributed by atoms with Crippen LogP contribution in [0.4, 0.5) is 0 Å². The largest absolute Gasteiger partial charge is 0.477 e. The van der Waals surface area contributed by atoms with Crippen molar-refractivity contribution in [2.75, 3.05) is 6.54 Å². The molecule has 25 heavy (non-hydrogen) atoms. The highest BCUT2D eigenvalue weighted by atomic mass is 32.1. The van der Waals surface area contributed by atoms with Crippen molar-refractivity contribution in [1.82, 2.24) is 4.90 Å². The third-order valence-electron chi connectivity index (χ3n) is 4.51. The third-order valence-corrected chi connectivity index (χ3v) is 5.64. The summed E-state index contributed by atoms with van der Waals surface area (Å²) in [6, 6.07) is 3.46. The molecule has 1 fully saturated rings. The molecule has 2 N–H and O–H groups in total. The predicted octanol–water partition coefficient (Wildman–Crippen LogP) is 3.48. The molecule has 0 bridgehead atoms. The van der Waals surface area contributed by atoms with Gasteiger partial charge in [-0.1, -0.05) is 38.3 Å². The minimum Gasteiger partial charge on any atom is -0.477 e. The Morgan fingerprint density at radius 1 is 1.44 bits per heavy atom. The molecule has 2 unspecified atom stereocenters. The highest BCUT2D eigenvalue weighted by Crippen LogP contribution is 2.23. The van der Waals surface area contributed by atoms with E-state index in [0.29, 0.717) is 24.3 Å². The SMILES string of the molecule is CCCCCC(O)C=CC1CCC(=O)N1CCc1ccc(C(=O)O)s1. The van der Waals surface area contributed by atoms with E-state index in [1.54, 1.807) is 6.07 Å². The van der Waals surface area contributed by atoms with Crippen LogP contribution in [0.2, 0.25) is 0 Å². The number of thiophene rings is 1. The first-order valence-electron chi connectivity index (χ1n) is 8.99. The van der Waals surface area contributed by atoms with E-state index in [1.807, 2.05) is 23.1 Å². The molecule has 0 spiro atoms. The lowest BCUT2D eigenvalue weighted by Gasteiger charge is -2.22. The molecule has 0 saturated carbocycles. The predicted molar refractivity (Wildman–Crippen MR) is 99.0 cm³/mol. The molecule has 0 aromatic carbocycles. The number of nitrogens with zero attached hydrogens (tertiary/aromatic N) is 1. The van der Waals surface area contributed by atoms with Crippen molar-refractivity contribution >= 4 is 23.2 Å². The Morgan fingerprint density at radius 3 is 2.92 bits per heavy atom. The fourth-order valence-corrected chi connectivity index (χ4v) is 3.90. The van der Waals surface area contributed by atoms with E-state index in [4.69, 9.17) is 5.11 Å². The first kappa shape index (κ1) is 19.7. The maximum Gasteiger partial charge on any atom is 0.345 e. The number of aliphatic hydroxyl groups is 1. The number of rotatable bonds is 10. The summed E-state index contributed by atoms with van der Waals surface area (Å²) in [6.45, 7) is 2.72. The number of carbonyl (C=O) groups is 2. The highest BCUT2D eigenvalue weighted by Gasteiger charge is 2.28. The van der Waals surface area contributed by atoms with E-state index < -0.39 is 12.1 Å². The monoisotopic (exact) mass is 365 g/mol. The Balaban J connectivity index is 1.86. The number of likely N-dealkylation sites (tertiary alicyclic amines) is 1. The second-order valence-corrected chi connectivity index (χ2v) is 7.63. The molecule has 1 aliphatic heterocycles. The van der Waals surface area contributed by atoms with Crippen LogP contribution in [0.1, 0.15) is 60.0 Å². The molecule has 5 nitrogen and oxygen atoms in total. The number of carboxylic acids is 1. The van der Waals surface area contributed by atoms with E-state index in [0.717, 1.165) is 37.0 Å². The van der Waals surface area contributed by atoms with Crippen molar-refractivity contribution in [2.24, 2.45) is 0 Å². The van der Waals surface area contributed by atoms with Gasteiger partial charge in [0.15, 0.2) is 0 Å². The lowest BCUT2D eigenvalue weighted by atomic mass is 10.1. The molecule has 2 heterocycles.